The van der Waals surface area contributed by atoms with Gasteiger partial charge in [0.15, 0.2) is 0 Å². The fraction of sp³-hybridized carbons (Fsp3) is 0.938. The van der Waals surface area contributed by atoms with Crippen LogP contribution in [-0.4, -0.2) is 65.2 Å². The quantitative estimate of drug-likeness (QED) is 0.813. The van der Waals surface area contributed by atoms with Crippen molar-refractivity contribution in [2.24, 2.45) is 11.7 Å². The lowest BCUT2D eigenvalue weighted by atomic mass is 9.94. The molecule has 0 aromatic carbocycles. The Morgan fingerprint density at radius 1 is 1.14 bits per heavy atom. The molecule has 1 saturated carbocycles. The van der Waals surface area contributed by atoms with Crippen LogP contribution in [0.2, 0.25) is 0 Å². The molecule has 120 valence electrons. The van der Waals surface area contributed by atoms with Gasteiger partial charge in [-0.1, -0.05) is 0 Å². The second-order valence-electron chi connectivity index (χ2n) is 7.34. The van der Waals surface area contributed by atoms with Crippen LogP contribution in [0.15, 0.2) is 0 Å². The Hall–Kier alpha value is -0.650. The van der Waals surface area contributed by atoms with Crippen molar-refractivity contribution in [2.45, 2.75) is 56.5 Å². The molecule has 2 atom stereocenters. The summed E-state index contributed by atoms with van der Waals surface area (Å²) in [5.41, 5.74) is 5.03. The van der Waals surface area contributed by atoms with E-state index in [-0.39, 0.29) is 0 Å². The highest BCUT2D eigenvalue weighted by atomic mass is 16.4. The van der Waals surface area contributed by atoms with E-state index in [1.165, 1.54) is 45.3 Å². The summed E-state index contributed by atoms with van der Waals surface area (Å²) in [5.74, 6) is 0.0109. The van der Waals surface area contributed by atoms with E-state index in [0.717, 1.165) is 25.4 Å². The zero-order valence-electron chi connectivity index (χ0n) is 13.0. The fourth-order valence-corrected chi connectivity index (χ4v) is 4.39. The van der Waals surface area contributed by atoms with Gasteiger partial charge in [-0.3, -0.25) is 4.79 Å². The molecule has 0 aromatic rings. The summed E-state index contributed by atoms with van der Waals surface area (Å²) >= 11 is 0. The Kier molecular flexibility index (Phi) is 4.52. The Bertz CT molecular complexity index is 376. The van der Waals surface area contributed by atoms with E-state index >= 15 is 0 Å². The predicted molar refractivity (Wildman–Crippen MR) is 82.2 cm³/mol. The summed E-state index contributed by atoms with van der Waals surface area (Å²) in [6, 6.07) is 0.388. The van der Waals surface area contributed by atoms with Crippen molar-refractivity contribution in [2.75, 3.05) is 32.7 Å². The second-order valence-corrected chi connectivity index (χ2v) is 7.34. The van der Waals surface area contributed by atoms with Crippen molar-refractivity contribution in [3.05, 3.63) is 0 Å². The van der Waals surface area contributed by atoms with Gasteiger partial charge in [-0.2, -0.15) is 0 Å². The highest BCUT2D eigenvalue weighted by Crippen LogP contribution is 2.33. The van der Waals surface area contributed by atoms with Gasteiger partial charge < -0.3 is 20.6 Å². The predicted octanol–water partition coefficient (Wildman–Crippen LogP) is 1.13. The normalized spacial score (nSPS) is 36.3. The minimum atomic E-state index is -0.975. The third-order valence-electron chi connectivity index (χ3n) is 5.83. The fourth-order valence-electron chi connectivity index (χ4n) is 4.39. The van der Waals surface area contributed by atoms with Crippen molar-refractivity contribution < 1.29 is 9.90 Å². The molecule has 3 fully saturated rings. The molecule has 3 rings (SSSR count). The van der Waals surface area contributed by atoms with E-state index in [9.17, 15) is 9.90 Å². The lowest BCUT2D eigenvalue weighted by Crippen LogP contribution is -2.48. The maximum absolute atomic E-state index is 11.2. The van der Waals surface area contributed by atoms with Crippen LogP contribution < -0.4 is 5.73 Å². The van der Waals surface area contributed by atoms with E-state index in [2.05, 4.69) is 9.80 Å². The van der Waals surface area contributed by atoms with Gasteiger partial charge in [0.2, 0.25) is 0 Å². The largest absolute Gasteiger partial charge is 0.480 e. The summed E-state index contributed by atoms with van der Waals surface area (Å²) in [5, 5.41) is 9.24. The monoisotopic (exact) mass is 295 g/mol. The summed E-state index contributed by atoms with van der Waals surface area (Å²) in [7, 11) is 0. The Morgan fingerprint density at radius 2 is 1.81 bits per heavy atom. The molecule has 21 heavy (non-hydrogen) atoms. The number of nitrogens with two attached hydrogens (primary N) is 1. The van der Waals surface area contributed by atoms with Gasteiger partial charge >= 0.3 is 5.97 Å². The van der Waals surface area contributed by atoms with E-state index in [0.29, 0.717) is 18.9 Å². The van der Waals surface area contributed by atoms with Gasteiger partial charge in [0.05, 0.1) is 0 Å². The average Bonchev–Trinajstić information content (AvgIpc) is 3.10. The molecule has 2 heterocycles. The summed E-state index contributed by atoms with van der Waals surface area (Å²) in [6.45, 7) is 6.10. The van der Waals surface area contributed by atoms with Crippen molar-refractivity contribution in [1.29, 1.82) is 0 Å². The first-order valence-corrected chi connectivity index (χ1v) is 8.55. The molecular weight excluding hydrogens is 266 g/mol. The van der Waals surface area contributed by atoms with Crippen molar-refractivity contribution in [3.8, 4) is 0 Å². The topological polar surface area (TPSA) is 69.8 Å². The first-order chi connectivity index (χ1) is 10.1. The molecule has 0 radical (unpaired) electrons. The van der Waals surface area contributed by atoms with Crippen LogP contribution in [0.3, 0.4) is 0 Å². The minimum Gasteiger partial charge on any atom is -0.480 e. The van der Waals surface area contributed by atoms with Crippen LogP contribution >= 0.6 is 0 Å². The number of piperidine rings is 1. The zero-order valence-corrected chi connectivity index (χ0v) is 13.0. The van der Waals surface area contributed by atoms with Crippen LogP contribution in [-0.2, 0) is 4.79 Å². The highest BCUT2D eigenvalue weighted by molar-refractivity contribution is 5.79. The Balaban J connectivity index is 1.44. The van der Waals surface area contributed by atoms with Crippen molar-refractivity contribution in [3.63, 3.8) is 0 Å². The minimum absolute atomic E-state index is 0.388. The maximum atomic E-state index is 11.2. The summed E-state index contributed by atoms with van der Waals surface area (Å²) < 4.78 is 0. The van der Waals surface area contributed by atoms with Gasteiger partial charge in [0, 0.05) is 12.6 Å². The third-order valence-corrected chi connectivity index (χ3v) is 5.83. The third kappa shape index (κ3) is 3.41. The van der Waals surface area contributed by atoms with Gasteiger partial charge in [-0.05, 0) is 77.0 Å². The molecule has 3 aliphatic rings. The molecule has 2 unspecified atom stereocenters. The SMILES string of the molecule is NC1(C(=O)O)CCC(N2CCC(CN3CCCC3)CC2)C1. The molecule has 0 bridgehead atoms. The average molecular weight is 295 g/mol. The number of nitrogens with zero attached hydrogens (tertiary/aromatic N) is 2. The van der Waals surface area contributed by atoms with E-state index in [4.69, 9.17) is 5.73 Å². The van der Waals surface area contributed by atoms with Crippen molar-refractivity contribution >= 4 is 5.97 Å². The number of aliphatic carboxylic acids is 1. The van der Waals surface area contributed by atoms with Gasteiger partial charge in [0.25, 0.3) is 0 Å². The number of carboxylic acids is 1. The van der Waals surface area contributed by atoms with Gasteiger partial charge in [0.1, 0.15) is 5.54 Å². The Labute approximate surface area is 127 Å². The molecule has 0 amide bonds. The van der Waals surface area contributed by atoms with E-state index in [1.54, 1.807) is 0 Å². The van der Waals surface area contributed by atoms with Crippen LogP contribution in [0.25, 0.3) is 0 Å². The molecule has 2 aliphatic heterocycles. The Morgan fingerprint density at radius 3 is 2.38 bits per heavy atom. The smallest absolute Gasteiger partial charge is 0.323 e. The van der Waals surface area contributed by atoms with Crippen molar-refractivity contribution in [1.82, 2.24) is 9.80 Å². The van der Waals surface area contributed by atoms with E-state index < -0.39 is 11.5 Å². The lowest BCUT2D eigenvalue weighted by molar-refractivity contribution is -0.143. The highest BCUT2D eigenvalue weighted by Gasteiger charge is 2.44. The summed E-state index contributed by atoms with van der Waals surface area (Å²) in [6.07, 6.45) is 7.46. The molecular formula is C16H29N3O2. The maximum Gasteiger partial charge on any atom is 0.323 e. The molecule has 2 saturated heterocycles. The van der Waals surface area contributed by atoms with Crippen LogP contribution in [0, 0.1) is 5.92 Å². The second kappa shape index (κ2) is 6.23. The number of hydrogen-bond donors (Lipinski definition) is 2. The number of rotatable bonds is 4. The first-order valence-electron chi connectivity index (χ1n) is 8.55. The number of hydrogen-bond acceptors (Lipinski definition) is 4. The molecule has 0 spiro atoms. The number of carboxylic acid groups (broad SMARTS) is 1. The zero-order chi connectivity index (χ0) is 14.9. The van der Waals surface area contributed by atoms with E-state index in [1.807, 2.05) is 0 Å². The van der Waals surface area contributed by atoms with Crippen LogP contribution in [0.4, 0.5) is 0 Å². The molecule has 1 aliphatic carbocycles. The van der Waals surface area contributed by atoms with Crippen LogP contribution in [0.5, 0.6) is 0 Å². The lowest BCUT2D eigenvalue weighted by Gasteiger charge is -2.37. The molecule has 5 nitrogen and oxygen atoms in total. The first kappa shape index (κ1) is 15.3. The number of likely N-dealkylation sites (tertiary alicyclic amines) is 2. The van der Waals surface area contributed by atoms with Gasteiger partial charge in [-0.15, -0.1) is 0 Å². The summed E-state index contributed by atoms with van der Waals surface area (Å²) in [4.78, 5) is 16.4. The standard InChI is InChI=1S/C16H29N3O2/c17-16(15(20)21)6-3-14(11-16)19-9-4-13(5-10-19)12-18-7-1-2-8-18/h13-14H,1-12,17H2,(H,20,21). The molecule has 3 N–H and O–H groups in total. The molecule has 5 heteroatoms. The van der Waals surface area contributed by atoms with Gasteiger partial charge in [-0.25, -0.2) is 0 Å². The molecule has 0 aromatic heterocycles. The van der Waals surface area contributed by atoms with Crippen LogP contribution in [0.1, 0.15) is 44.9 Å². The number of carbonyl (C=O) groups is 1.